The summed E-state index contributed by atoms with van der Waals surface area (Å²) in [4.78, 5) is 18.4. The second-order valence-electron chi connectivity index (χ2n) is 5.76. The molecule has 1 saturated heterocycles. The zero-order valence-electron chi connectivity index (χ0n) is 14.3. The van der Waals surface area contributed by atoms with Crippen LogP contribution in [0.3, 0.4) is 0 Å². The van der Waals surface area contributed by atoms with Gasteiger partial charge in [0.15, 0.2) is 0 Å². The van der Waals surface area contributed by atoms with Crippen LogP contribution < -0.4 is 10.5 Å². The lowest BCUT2D eigenvalue weighted by atomic mass is 10.0. The van der Waals surface area contributed by atoms with Crippen LogP contribution in [-0.2, 0) is 4.74 Å². The highest BCUT2D eigenvalue weighted by Crippen LogP contribution is 2.27. The van der Waals surface area contributed by atoms with Crippen LogP contribution in [-0.4, -0.2) is 54.9 Å². The summed E-state index contributed by atoms with van der Waals surface area (Å²) in [6.45, 7) is 2.12. The van der Waals surface area contributed by atoms with E-state index in [0.29, 0.717) is 48.7 Å². The molecule has 136 valence electrons. The third-order valence-corrected chi connectivity index (χ3v) is 4.49. The summed E-state index contributed by atoms with van der Waals surface area (Å²) in [5.74, 6) is 0.120. The first-order valence-corrected chi connectivity index (χ1v) is 8.45. The molecule has 1 fully saturated rings. The van der Waals surface area contributed by atoms with Crippen LogP contribution in [0.2, 0.25) is 5.02 Å². The summed E-state index contributed by atoms with van der Waals surface area (Å²) in [5, 5.41) is 8.74. The van der Waals surface area contributed by atoms with Crippen LogP contribution in [0.4, 0.5) is 5.69 Å². The number of nitrogens with two attached hydrogens (primary N) is 1. The van der Waals surface area contributed by atoms with Gasteiger partial charge < -0.3 is 20.1 Å². The highest BCUT2D eigenvalue weighted by molar-refractivity contribution is 6.34. The minimum Gasteiger partial charge on any atom is -0.480 e. The number of nitrogens with zero attached hydrogens (tertiary/aromatic N) is 2. The normalized spacial score (nSPS) is 14.2. The lowest BCUT2D eigenvalue weighted by molar-refractivity contribution is 0.0303. The molecule has 7 nitrogen and oxygen atoms in total. The number of ether oxygens (including phenoxy) is 2. The van der Waals surface area contributed by atoms with Gasteiger partial charge in [0.2, 0.25) is 5.88 Å². The predicted octanol–water partition coefficient (Wildman–Crippen LogP) is 2.21. The predicted molar refractivity (Wildman–Crippen MR) is 99.3 cm³/mol. The number of anilines is 1. The largest absolute Gasteiger partial charge is 0.480 e. The second kappa shape index (κ2) is 7.72. The van der Waals surface area contributed by atoms with Gasteiger partial charge in [0.05, 0.1) is 42.2 Å². The summed E-state index contributed by atoms with van der Waals surface area (Å²) in [7, 11) is 1.47. The van der Waals surface area contributed by atoms with Gasteiger partial charge in [0.1, 0.15) is 0 Å². The maximum Gasteiger partial charge on any atom is 0.255 e. The van der Waals surface area contributed by atoms with E-state index in [1.165, 1.54) is 13.3 Å². The van der Waals surface area contributed by atoms with Gasteiger partial charge in [0.25, 0.3) is 5.91 Å². The standard InChI is InChI=1S/C18H19ClN4O3/c1-25-17-15(14(20)4-5-22-17)16(21)11-2-3-12(13(19)10-11)18(24)23-6-8-26-9-7-23/h2-5,10,21H,6-9H2,1H3,(H2,20,22). The Morgan fingerprint density at radius 1 is 1.35 bits per heavy atom. The zero-order valence-corrected chi connectivity index (χ0v) is 15.0. The SMILES string of the molecule is COc1nccc(N)c1C(=N)c1ccc(C(=O)N2CCOCC2)c(Cl)c1. The number of hydrogen-bond donors (Lipinski definition) is 2. The molecule has 1 amide bonds. The maximum atomic E-state index is 12.6. The maximum absolute atomic E-state index is 12.6. The Morgan fingerprint density at radius 3 is 2.73 bits per heavy atom. The van der Waals surface area contributed by atoms with Gasteiger partial charge in [-0.2, -0.15) is 0 Å². The number of aromatic nitrogens is 1. The Labute approximate surface area is 156 Å². The minimum atomic E-state index is -0.144. The van der Waals surface area contributed by atoms with Crippen molar-refractivity contribution >= 4 is 28.9 Å². The number of nitrogen functional groups attached to an aromatic ring is 1. The van der Waals surface area contributed by atoms with E-state index in [1.54, 1.807) is 29.2 Å². The monoisotopic (exact) mass is 374 g/mol. The average molecular weight is 375 g/mol. The lowest BCUT2D eigenvalue weighted by Crippen LogP contribution is -2.40. The summed E-state index contributed by atoms with van der Waals surface area (Å²) in [5.41, 5.74) is 7.79. The Hall–Kier alpha value is -2.64. The number of halogens is 1. The van der Waals surface area contributed by atoms with Crippen molar-refractivity contribution in [1.29, 1.82) is 5.41 Å². The van der Waals surface area contributed by atoms with Crippen molar-refractivity contribution < 1.29 is 14.3 Å². The summed E-state index contributed by atoms with van der Waals surface area (Å²) in [6.07, 6.45) is 1.52. The topological polar surface area (TPSA) is 102 Å². The fraction of sp³-hybridized carbons (Fsp3) is 0.278. The first-order valence-electron chi connectivity index (χ1n) is 8.07. The van der Waals surface area contributed by atoms with E-state index in [-0.39, 0.29) is 22.5 Å². The molecule has 0 aliphatic carbocycles. The van der Waals surface area contributed by atoms with E-state index < -0.39 is 0 Å². The van der Waals surface area contributed by atoms with Crippen LogP contribution in [0.25, 0.3) is 0 Å². The van der Waals surface area contributed by atoms with Gasteiger partial charge in [-0.05, 0) is 18.2 Å². The Balaban J connectivity index is 1.90. The van der Waals surface area contributed by atoms with Gasteiger partial charge in [0, 0.05) is 30.5 Å². The molecule has 1 aliphatic rings. The number of methoxy groups -OCH3 is 1. The van der Waals surface area contributed by atoms with Crippen molar-refractivity contribution in [1.82, 2.24) is 9.88 Å². The van der Waals surface area contributed by atoms with Crippen molar-refractivity contribution in [3.05, 3.63) is 52.2 Å². The first kappa shape index (κ1) is 18.2. The van der Waals surface area contributed by atoms with Crippen LogP contribution in [0, 0.1) is 5.41 Å². The molecule has 0 radical (unpaired) electrons. The number of benzene rings is 1. The molecule has 0 spiro atoms. The molecule has 1 aromatic carbocycles. The zero-order chi connectivity index (χ0) is 18.7. The molecule has 1 aromatic heterocycles. The number of pyridine rings is 1. The van der Waals surface area contributed by atoms with Gasteiger partial charge in [-0.1, -0.05) is 17.7 Å². The number of morpholine rings is 1. The van der Waals surface area contributed by atoms with E-state index >= 15 is 0 Å². The lowest BCUT2D eigenvalue weighted by Gasteiger charge is -2.27. The third-order valence-electron chi connectivity index (χ3n) is 4.18. The molecule has 3 rings (SSSR count). The van der Waals surface area contributed by atoms with E-state index in [2.05, 4.69) is 4.98 Å². The number of carbonyl (C=O) groups excluding carboxylic acids is 1. The van der Waals surface area contributed by atoms with Crippen molar-refractivity contribution in [3.8, 4) is 5.88 Å². The van der Waals surface area contributed by atoms with Crippen LogP contribution in [0.15, 0.2) is 30.5 Å². The van der Waals surface area contributed by atoms with Crippen LogP contribution >= 0.6 is 11.6 Å². The number of rotatable bonds is 4. The quantitative estimate of drug-likeness (QED) is 0.799. The number of nitrogens with one attached hydrogen (secondary N) is 1. The fourth-order valence-electron chi connectivity index (χ4n) is 2.79. The number of carbonyl (C=O) groups is 1. The molecule has 3 N–H and O–H groups in total. The van der Waals surface area contributed by atoms with Crippen LogP contribution in [0.1, 0.15) is 21.5 Å². The molecular formula is C18H19ClN4O3. The third kappa shape index (κ3) is 3.49. The molecule has 2 aromatic rings. The Kier molecular flexibility index (Phi) is 5.39. The van der Waals surface area contributed by atoms with Crippen molar-refractivity contribution in [2.24, 2.45) is 0 Å². The highest BCUT2D eigenvalue weighted by Gasteiger charge is 2.22. The molecule has 26 heavy (non-hydrogen) atoms. The van der Waals surface area contributed by atoms with Crippen LogP contribution in [0.5, 0.6) is 5.88 Å². The molecule has 0 unspecified atom stereocenters. The Bertz CT molecular complexity index is 850. The average Bonchev–Trinajstić information content (AvgIpc) is 2.67. The fourth-order valence-corrected chi connectivity index (χ4v) is 3.05. The van der Waals surface area contributed by atoms with E-state index in [9.17, 15) is 4.79 Å². The molecule has 0 saturated carbocycles. The van der Waals surface area contributed by atoms with E-state index in [4.69, 9.17) is 32.2 Å². The van der Waals surface area contributed by atoms with Gasteiger partial charge in [-0.15, -0.1) is 0 Å². The summed E-state index contributed by atoms with van der Waals surface area (Å²) in [6, 6.07) is 6.49. The highest BCUT2D eigenvalue weighted by atomic mass is 35.5. The molecule has 1 aliphatic heterocycles. The summed E-state index contributed by atoms with van der Waals surface area (Å²) >= 11 is 6.33. The van der Waals surface area contributed by atoms with E-state index in [0.717, 1.165) is 0 Å². The molecule has 0 bridgehead atoms. The first-order chi connectivity index (χ1) is 12.5. The summed E-state index contributed by atoms with van der Waals surface area (Å²) < 4.78 is 10.5. The smallest absolute Gasteiger partial charge is 0.255 e. The number of amides is 1. The number of hydrogen-bond acceptors (Lipinski definition) is 6. The second-order valence-corrected chi connectivity index (χ2v) is 6.17. The van der Waals surface area contributed by atoms with Crippen molar-refractivity contribution in [2.45, 2.75) is 0 Å². The minimum absolute atomic E-state index is 0.125. The van der Waals surface area contributed by atoms with Gasteiger partial charge in [-0.25, -0.2) is 4.98 Å². The molecular weight excluding hydrogens is 356 g/mol. The van der Waals surface area contributed by atoms with E-state index in [1.807, 2.05) is 0 Å². The molecule has 2 heterocycles. The Morgan fingerprint density at radius 2 is 2.08 bits per heavy atom. The van der Waals surface area contributed by atoms with Crippen molar-refractivity contribution in [3.63, 3.8) is 0 Å². The molecule has 8 heteroatoms. The van der Waals surface area contributed by atoms with Gasteiger partial charge >= 0.3 is 0 Å². The molecule has 0 atom stereocenters. The van der Waals surface area contributed by atoms with Gasteiger partial charge in [-0.3, -0.25) is 10.2 Å². The van der Waals surface area contributed by atoms with Crippen molar-refractivity contribution in [2.75, 3.05) is 39.1 Å².